The minimum Gasteiger partial charge on any atom is -0.361 e. The van der Waals surface area contributed by atoms with Crippen LogP contribution < -0.4 is 10.6 Å². The van der Waals surface area contributed by atoms with Gasteiger partial charge in [-0.2, -0.15) is 0 Å². The van der Waals surface area contributed by atoms with E-state index in [1.807, 2.05) is 0 Å². The summed E-state index contributed by atoms with van der Waals surface area (Å²) in [6, 6.07) is 7.07. The first kappa shape index (κ1) is 24.7. The summed E-state index contributed by atoms with van der Waals surface area (Å²) in [7, 11) is 0. The summed E-state index contributed by atoms with van der Waals surface area (Å²) in [5.74, 6) is 0.944. The Hall–Kier alpha value is -1.54. The van der Waals surface area contributed by atoms with Gasteiger partial charge in [0, 0.05) is 55.9 Å². The van der Waals surface area contributed by atoms with Crippen LogP contribution in [0.3, 0.4) is 0 Å². The molecule has 1 aliphatic heterocycles. The third-order valence-corrected chi connectivity index (χ3v) is 5.69. The molecule has 0 amide bonds. The van der Waals surface area contributed by atoms with E-state index in [-0.39, 0.29) is 24.0 Å². The number of aryl methyl sites for hydroxylation is 1. The largest absolute Gasteiger partial charge is 0.361 e. The first-order chi connectivity index (χ1) is 14.1. The molecule has 1 fully saturated rings. The standard InChI is InChI=1S/C24H37N5.HI/c1-5-19-8-7-9-22-20(16-27-23(19)22)10-13-26-24(25-6-2)28-21-11-14-29(15-12-21)17-18(3)4;/h7-9,16,21,27H,3,5-6,10-15,17H2,1-2,4H3,(H2,25,26,28);1H. The normalized spacial score (nSPS) is 15.8. The Kier molecular flexibility index (Phi) is 10.2. The number of nitrogens with one attached hydrogen (secondary N) is 3. The van der Waals surface area contributed by atoms with Gasteiger partial charge in [0.05, 0.1) is 0 Å². The molecule has 1 aromatic carbocycles. The Morgan fingerprint density at radius 2 is 2.00 bits per heavy atom. The van der Waals surface area contributed by atoms with Gasteiger partial charge >= 0.3 is 0 Å². The van der Waals surface area contributed by atoms with Crippen molar-refractivity contribution in [1.82, 2.24) is 20.5 Å². The van der Waals surface area contributed by atoms with Crippen molar-refractivity contribution >= 4 is 40.8 Å². The Morgan fingerprint density at radius 3 is 2.67 bits per heavy atom. The molecule has 2 heterocycles. The monoisotopic (exact) mass is 523 g/mol. The first-order valence-electron chi connectivity index (χ1n) is 11.1. The molecule has 0 saturated carbocycles. The van der Waals surface area contributed by atoms with Crippen LogP contribution in [0.15, 0.2) is 41.5 Å². The number of hydrogen-bond acceptors (Lipinski definition) is 2. The zero-order valence-corrected chi connectivity index (χ0v) is 21.1. The number of nitrogens with zero attached hydrogens (tertiary/aromatic N) is 2. The summed E-state index contributed by atoms with van der Waals surface area (Å²) >= 11 is 0. The number of para-hydroxylation sites is 1. The first-order valence-corrected chi connectivity index (χ1v) is 11.1. The van der Waals surface area contributed by atoms with E-state index < -0.39 is 0 Å². The lowest BCUT2D eigenvalue weighted by Gasteiger charge is -2.33. The molecule has 6 heteroatoms. The van der Waals surface area contributed by atoms with Crippen molar-refractivity contribution in [3.63, 3.8) is 0 Å². The van der Waals surface area contributed by atoms with Crippen molar-refractivity contribution in [2.45, 2.75) is 52.5 Å². The Morgan fingerprint density at radius 1 is 1.23 bits per heavy atom. The smallest absolute Gasteiger partial charge is 0.191 e. The van der Waals surface area contributed by atoms with Gasteiger partial charge < -0.3 is 15.6 Å². The number of aliphatic imine (C=N–C) groups is 1. The predicted molar refractivity (Wildman–Crippen MR) is 140 cm³/mol. The van der Waals surface area contributed by atoms with Gasteiger partial charge in [0.25, 0.3) is 0 Å². The Balaban J connectivity index is 0.00000320. The molecule has 1 saturated heterocycles. The van der Waals surface area contributed by atoms with Crippen LogP contribution in [0.4, 0.5) is 0 Å². The van der Waals surface area contributed by atoms with Crippen molar-refractivity contribution in [3.8, 4) is 0 Å². The molecule has 2 aromatic rings. The molecule has 0 radical (unpaired) electrons. The van der Waals surface area contributed by atoms with Gasteiger partial charge in [-0.05, 0) is 50.7 Å². The fourth-order valence-electron chi connectivity index (χ4n) is 4.20. The highest BCUT2D eigenvalue weighted by Crippen LogP contribution is 2.22. The summed E-state index contributed by atoms with van der Waals surface area (Å²) < 4.78 is 0. The molecule has 0 atom stereocenters. The number of hydrogen-bond donors (Lipinski definition) is 3. The summed E-state index contributed by atoms with van der Waals surface area (Å²) in [6.07, 6.45) is 6.45. The van der Waals surface area contributed by atoms with E-state index in [4.69, 9.17) is 4.99 Å². The van der Waals surface area contributed by atoms with Crippen molar-refractivity contribution in [2.75, 3.05) is 32.7 Å². The molecule has 166 valence electrons. The molecule has 0 unspecified atom stereocenters. The van der Waals surface area contributed by atoms with E-state index in [0.717, 1.165) is 64.4 Å². The lowest BCUT2D eigenvalue weighted by molar-refractivity contribution is 0.221. The molecule has 1 aromatic heterocycles. The molecule has 1 aliphatic rings. The van der Waals surface area contributed by atoms with Gasteiger partial charge in [-0.3, -0.25) is 9.89 Å². The minimum absolute atomic E-state index is 0. The van der Waals surface area contributed by atoms with Crippen LogP contribution >= 0.6 is 24.0 Å². The topological polar surface area (TPSA) is 55.5 Å². The number of piperidine rings is 1. The second-order valence-corrected chi connectivity index (χ2v) is 8.17. The summed E-state index contributed by atoms with van der Waals surface area (Å²) in [5, 5.41) is 8.40. The lowest BCUT2D eigenvalue weighted by Crippen LogP contribution is -2.48. The molecule has 5 nitrogen and oxygen atoms in total. The van der Waals surface area contributed by atoms with E-state index in [1.54, 1.807) is 0 Å². The van der Waals surface area contributed by atoms with Gasteiger partial charge in [0.1, 0.15) is 0 Å². The number of likely N-dealkylation sites (tertiary alicyclic amines) is 1. The van der Waals surface area contributed by atoms with Crippen molar-refractivity contribution in [3.05, 3.63) is 47.7 Å². The van der Waals surface area contributed by atoms with Gasteiger partial charge in [-0.15, -0.1) is 24.0 Å². The maximum absolute atomic E-state index is 4.85. The molecule has 0 spiro atoms. The second kappa shape index (κ2) is 12.3. The van der Waals surface area contributed by atoms with Gasteiger partial charge in [-0.25, -0.2) is 0 Å². The molecule has 30 heavy (non-hydrogen) atoms. The summed E-state index contributed by atoms with van der Waals surface area (Å²) in [6.45, 7) is 15.4. The summed E-state index contributed by atoms with van der Waals surface area (Å²) in [5.41, 5.74) is 5.25. The van der Waals surface area contributed by atoms with E-state index in [9.17, 15) is 0 Å². The molecule has 0 bridgehead atoms. The van der Waals surface area contributed by atoms with Gasteiger partial charge in [0.15, 0.2) is 5.96 Å². The SMILES string of the molecule is C=C(C)CN1CCC(NC(=NCCc2c[nH]c3c(CC)cccc23)NCC)CC1.I. The number of aromatic nitrogens is 1. The van der Waals surface area contributed by atoms with Gasteiger partial charge in [-0.1, -0.05) is 37.3 Å². The third-order valence-electron chi connectivity index (χ3n) is 5.69. The van der Waals surface area contributed by atoms with Crippen LogP contribution in [0, 0.1) is 0 Å². The van der Waals surface area contributed by atoms with E-state index in [2.05, 4.69) is 72.3 Å². The van der Waals surface area contributed by atoms with Crippen molar-refractivity contribution < 1.29 is 0 Å². The average molecular weight is 524 g/mol. The second-order valence-electron chi connectivity index (χ2n) is 8.17. The Labute approximate surface area is 198 Å². The van der Waals surface area contributed by atoms with Crippen LogP contribution in [0.2, 0.25) is 0 Å². The Bertz CT molecular complexity index is 833. The molecule has 3 rings (SSSR count). The van der Waals surface area contributed by atoms with E-state index >= 15 is 0 Å². The minimum atomic E-state index is 0. The zero-order valence-electron chi connectivity index (χ0n) is 18.8. The van der Waals surface area contributed by atoms with Crippen molar-refractivity contribution in [2.24, 2.45) is 4.99 Å². The zero-order chi connectivity index (χ0) is 20.6. The average Bonchev–Trinajstić information content (AvgIpc) is 3.12. The number of H-pyrrole nitrogens is 1. The van der Waals surface area contributed by atoms with E-state index in [1.165, 1.54) is 27.6 Å². The molecular formula is C24H38IN5. The van der Waals surface area contributed by atoms with Crippen LogP contribution in [-0.2, 0) is 12.8 Å². The number of guanidine groups is 1. The lowest BCUT2D eigenvalue weighted by atomic mass is 10.0. The fraction of sp³-hybridized carbons (Fsp3) is 0.542. The molecule has 0 aliphatic carbocycles. The highest BCUT2D eigenvalue weighted by atomic mass is 127. The van der Waals surface area contributed by atoms with Crippen LogP contribution in [0.5, 0.6) is 0 Å². The quantitative estimate of drug-likeness (QED) is 0.207. The number of aromatic amines is 1. The molecule has 3 N–H and O–H groups in total. The number of fused-ring (bicyclic) bond motifs is 1. The van der Waals surface area contributed by atoms with Crippen LogP contribution in [0.1, 0.15) is 44.7 Å². The predicted octanol–water partition coefficient (Wildman–Crippen LogP) is 4.49. The fourth-order valence-corrected chi connectivity index (χ4v) is 4.20. The maximum Gasteiger partial charge on any atom is 0.191 e. The maximum atomic E-state index is 4.85. The van der Waals surface area contributed by atoms with Gasteiger partial charge in [0.2, 0.25) is 0 Å². The van der Waals surface area contributed by atoms with Crippen LogP contribution in [-0.4, -0.2) is 54.6 Å². The van der Waals surface area contributed by atoms with Crippen LogP contribution in [0.25, 0.3) is 10.9 Å². The highest BCUT2D eigenvalue weighted by molar-refractivity contribution is 14.0. The number of halogens is 1. The number of rotatable bonds is 8. The van der Waals surface area contributed by atoms with E-state index in [0.29, 0.717) is 6.04 Å². The third kappa shape index (κ3) is 6.74. The molecular weight excluding hydrogens is 485 g/mol. The summed E-state index contributed by atoms with van der Waals surface area (Å²) in [4.78, 5) is 10.8. The highest BCUT2D eigenvalue weighted by Gasteiger charge is 2.19. The van der Waals surface area contributed by atoms with Crippen molar-refractivity contribution in [1.29, 1.82) is 0 Å². The number of benzene rings is 1.